The summed E-state index contributed by atoms with van der Waals surface area (Å²) in [5, 5.41) is 9.42. The summed E-state index contributed by atoms with van der Waals surface area (Å²) in [6.45, 7) is 0. The normalized spacial score (nSPS) is 11.8. The Hall–Kier alpha value is -2.20. The fourth-order valence-corrected chi connectivity index (χ4v) is 4.03. The first-order valence-corrected chi connectivity index (χ1v) is 9.97. The summed E-state index contributed by atoms with van der Waals surface area (Å²) < 4.78 is 56.7. The van der Waals surface area contributed by atoms with Crippen LogP contribution in [0, 0.1) is 0 Å². The third kappa shape index (κ3) is 3.83. The molecule has 0 saturated heterocycles. The predicted molar refractivity (Wildman–Crippen MR) is 102 cm³/mol. The fourth-order valence-electron chi connectivity index (χ4n) is 2.67. The first-order chi connectivity index (χ1) is 13.1. The molecule has 0 saturated carbocycles. The zero-order chi connectivity index (χ0) is 20.6. The quantitative estimate of drug-likeness (QED) is 0.625. The Balaban J connectivity index is 2.32. The van der Waals surface area contributed by atoms with Crippen LogP contribution in [0.4, 0.5) is 8.78 Å². The van der Waals surface area contributed by atoms with Crippen molar-refractivity contribution < 1.29 is 21.9 Å². The molecule has 28 heavy (non-hydrogen) atoms. The van der Waals surface area contributed by atoms with Crippen molar-refractivity contribution in [2.24, 2.45) is 5.14 Å². The number of primary sulfonamides is 1. The molecule has 148 valence electrons. The first kappa shape index (κ1) is 20.5. The Morgan fingerprint density at radius 3 is 2.29 bits per heavy atom. The van der Waals surface area contributed by atoms with E-state index >= 15 is 0 Å². The van der Waals surface area contributed by atoms with E-state index in [1.165, 1.54) is 43.5 Å². The van der Waals surface area contributed by atoms with Crippen molar-refractivity contribution in [2.45, 2.75) is 11.3 Å². The molecule has 3 aromatic rings. The number of hydrogen-bond acceptors (Lipinski definition) is 4. The molecule has 0 aliphatic carbocycles. The van der Waals surface area contributed by atoms with Gasteiger partial charge in [0.15, 0.2) is 5.75 Å². The minimum absolute atomic E-state index is 0.00922. The maximum atomic E-state index is 13.3. The van der Waals surface area contributed by atoms with Gasteiger partial charge in [-0.25, -0.2) is 27.0 Å². The highest BCUT2D eigenvalue weighted by Crippen LogP contribution is 2.39. The summed E-state index contributed by atoms with van der Waals surface area (Å²) in [6, 6.07) is 9.68. The molecule has 0 aliphatic heterocycles. The van der Waals surface area contributed by atoms with Gasteiger partial charge in [-0.15, -0.1) is 0 Å². The van der Waals surface area contributed by atoms with Gasteiger partial charge in [0.1, 0.15) is 10.6 Å². The second kappa shape index (κ2) is 7.67. The highest BCUT2D eigenvalue weighted by Gasteiger charge is 2.23. The van der Waals surface area contributed by atoms with Crippen molar-refractivity contribution in [2.75, 3.05) is 7.11 Å². The summed E-state index contributed by atoms with van der Waals surface area (Å²) >= 11 is 12.3. The number of halogens is 4. The van der Waals surface area contributed by atoms with Crippen LogP contribution < -0.4 is 9.88 Å². The Bertz CT molecular complexity index is 1130. The molecule has 0 atom stereocenters. The Morgan fingerprint density at radius 2 is 1.75 bits per heavy atom. The molecule has 2 aromatic carbocycles. The maximum Gasteiger partial charge on any atom is 0.282 e. The van der Waals surface area contributed by atoms with E-state index in [4.69, 9.17) is 33.1 Å². The van der Waals surface area contributed by atoms with E-state index in [-0.39, 0.29) is 32.1 Å². The second-order valence-electron chi connectivity index (χ2n) is 5.65. The molecule has 0 bridgehead atoms. The van der Waals surface area contributed by atoms with Crippen LogP contribution in [-0.4, -0.2) is 25.3 Å². The van der Waals surface area contributed by atoms with Gasteiger partial charge in [0.25, 0.3) is 6.43 Å². The van der Waals surface area contributed by atoms with Crippen LogP contribution >= 0.6 is 23.2 Å². The molecule has 11 heteroatoms. The van der Waals surface area contributed by atoms with Crippen LogP contribution in [0.5, 0.6) is 5.75 Å². The summed E-state index contributed by atoms with van der Waals surface area (Å²) in [6.07, 6.45) is -2.88. The topological polar surface area (TPSA) is 87.2 Å². The SMILES string of the molecule is COc1c(Cl)cc(-c2cc(C(F)F)nn2-c2ccccc2S(N)(=O)=O)cc1Cl. The van der Waals surface area contributed by atoms with E-state index < -0.39 is 22.1 Å². The van der Waals surface area contributed by atoms with E-state index in [1.54, 1.807) is 0 Å². The number of hydrogen-bond donors (Lipinski definition) is 1. The predicted octanol–water partition coefficient (Wildman–Crippen LogP) is 4.44. The number of rotatable bonds is 5. The van der Waals surface area contributed by atoms with Gasteiger partial charge in [-0.3, -0.25) is 0 Å². The smallest absolute Gasteiger partial charge is 0.282 e. The zero-order valence-electron chi connectivity index (χ0n) is 14.2. The lowest BCUT2D eigenvalue weighted by Crippen LogP contribution is -2.16. The summed E-state index contributed by atoms with van der Waals surface area (Å²) in [5.41, 5.74) is -0.0606. The number of methoxy groups -OCH3 is 1. The molecule has 6 nitrogen and oxygen atoms in total. The second-order valence-corrected chi connectivity index (χ2v) is 8.00. The summed E-state index contributed by atoms with van der Waals surface area (Å²) in [5.74, 6) is 0.220. The van der Waals surface area contributed by atoms with Crippen LogP contribution in [0.3, 0.4) is 0 Å². The number of nitrogens with zero attached hydrogens (tertiary/aromatic N) is 2. The molecule has 1 heterocycles. The molecule has 3 rings (SSSR count). The third-order valence-corrected chi connectivity index (χ3v) is 5.37. The summed E-state index contributed by atoms with van der Waals surface area (Å²) in [4.78, 5) is -0.272. The number of alkyl halides is 2. The first-order valence-electron chi connectivity index (χ1n) is 7.67. The van der Waals surface area contributed by atoms with E-state index in [1.807, 2.05) is 0 Å². The van der Waals surface area contributed by atoms with Crippen LogP contribution in [0.2, 0.25) is 10.0 Å². The van der Waals surface area contributed by atoms with Crippen molar-refractivity contribution in [1.82, 2.24) is 9.78 Å². The van der Waals surface area contributed by atoms with Crippen molar-refractivity contribution in [3.8, 4) is 22.7 Å². The number of nitrogens with two attached hydrogens (primary N) is 1. The zero-order valence-corrected chi connectivity index (χ0v) is 16.6. The van der Waals surface area contributed by atoms with E-state index in [0.29, 0.717) is 5.56 Å². The molecule has 0 spiro atoms. The minimum Gasteiger partial charge on any atom is -0.494 e. The Labute approximate surface area is 169 Å². The highest BCUT2D eigenvalue weighted by atomic mass is 35.5. The van der Waals surface area contributed by atoms with Gasteiger partial charge in [0.05, 0.1) is 28.5 Å². The lowest BCUT2D eigenvalue weighted by molar-refractivity contribution is 0.145. The molecule has 0 radical (unpaired) electrons. The molecule has 0 aliphatic rings. The number of para-hydroxylation sites is 1. The molecule has 1 aromatic heterocycles. The average Bonchev–Trinajstić information content (AvgIpc) is 3.06. The van der Waals surface area contributed by atoms with Gasteiger partial charge < -0.3 is 4.74 Å². The lowest BCUT2D eigenvalue weighted by atomic mass is 10.1. The van der Waals surface area contributed by atoms with Gasteiger partial charge in [-0.05, 0) is 30.3 Å². The largest absolute Gasteiger partial charge is 0.494 e. The molecule has 0 amide bonds. The van der Waals surface area contributed by atoms with Crippen LogP contribution in [0.25, 0.3) is 16.9 Å². The van der Waals surface area contributed by atoms with Crippen LogP contribution in [0.1, 0.15) is 12.1 Å². The average molecular weight is 448 g/mol. The number of benzene rings is 2. The van der Waals surface area contributed by atoms with Gasteiger partial charge in [-0.1, -0.05) is 35.3 Å². The Kier molecular flexibility index (Phi) is 5.62. The molecule has 2 N–H and O–H groups in total. The van der Waals surface area contributed by atoms with E-state index in [9.17, 15) is 17.2 Å². The van der Waals surface area contributed by atoms with Gasteiger partial charge in [0, 0.05) is 5.56 Å². The van der Waals surface area contributed by atoms with Crippen molar-refractivity contribution in [1.29, 1.82) is 0 Å². The van der Waals surface area contributed by atoms with Gasteiger partial charge in [-0.2, -0.15) is 5.10 Å². The lowest BCUT2D eigenvalue weighted by Gasteiger charge is -2.13. The highest BCUT2D eigenvalue weighted by molar-refractivity contribution is 7.89. The number of sulfonamides is 1. The van der Waals surface area contributed by atoms with Gasteiger partial charge >= 0.3 is 0 Å². The van der Waals surface area contributed by atoms with Crippen molar-refractivity contribution in [3.05, 3.63) is 58.2 Å². The van der Waals surface area contributed by atoms with Crippen LogP contribution in [-0.2, 0) is 10.0 Å². The Morgan fingerprint density at radius 1 is 1.14 bits per heavy atom. The van der Waals surface area contributed by atoms with E-state index in [2.05, 4.69) is 5.10 Å². The fraction of sp³-hybridized carbons (Fsp3) is 0.118. The summed E-state index contributed by atoms with van der Waals surface area (Å²) in [7, 11) is -2.76. The van der Waals surface area contributed by atoms with Crippen molar-refractivity contribution >= 4 is 33.2 Å². The maximum absolute atomic E-state index is 13.3. The molecule has 0 fully saturated rings. The molecular weight excluding hydrogens is 435 g/mol. The standard InChI is InChI=1S/C17H13Cl2F2N3O3S/c1-27-16-10(18)6-9(7-11(16)19)14-8-12(17(20)21)23-24(14)13-4-2-3-5-15(13)28(22,25)26/h2-8,17H,1H3,(H2,22,25,26). The number of ether oxygens (including phenoxy) is 1. The number of aromatic nitrogens is 2. The van der Waals surface area contributed by atoms with Crippen molar-refractivity contribution in [3.63, 3.8) is 0 Å². The molecule has 0 unspecified atom stereocenters. The van der Waals surface area contributed by atoms with E-state index in [0.717, 1.165) is 10.7 Å². The monoisotopic (exact) mass is 447 g/mol. The van der Waals surface area contributed by atoms with Crippen LogP contribution in [0.15, 0.2) is 47.4 Å². The molecular formula is C17H13Cl2F2N3O3S. The van der Waals surface area contributed by atoms with Gasteiger partial charge in [0.2, 0.25) is 10.0 Å². The minimum atomic E-state index is -4.14. The third-order valence-electron chi connectivity index (χ3n) is 3.85.